The summed E-state index contributed by atoms with van der Waals surface area (Å²) < 4.78 is 32.4. The number of urea groups is 1. The van der Waals surface area contributed by atoms with Gasteiger partial charge in [0.05, 0.1) is 10.5 Å². The van der Waals surface area contributed by atoms with Crippen LogP contribution in [-0.4, -0.2) is 56.4 Å². The van der Waals surface area contributed by atoms with Gasteiger partial charge < -0.3 is 10.1 Å². The summed E-state index contributed by atoms with van der Waals surface area (Å²) in [5.74, 6) is -1.66. The monoisotopic (exact) mass is 437 g/mol. The lowest BCUT2D eigenvalue weighted by Crippen LogP contribution is -2.42. The summed E-state index contributed by atoms with van der Waals surface area (Å²) in [6, 6.07) is 3.40. The predicted octanol–water partition coefficient (Wildman–Crippen LogP) is 1.73. The third-order valence-corrected chi connectivity index (χ3v) is 6.78. The van der Waals surface area contributed by atoms with Crippen LogP contribution in [0.5, 0.6) is 0 Å². The van der Waals surface area contributed by atoms with Crippen LogP contribution >= 0.6 is 0 Å². The second kappa shape index (κ2) is 10.4. The highest BCUT2D eigenvalue weighted by Gasteiger charge is 2.31. The minimum Gasteiger partial charge on any atom is -0.452 e. The number of rotatable bonds is 7. The molecule has 0 saturated carbocycles. The molecule has 2 rings (SSSR count). The number of imide groups is 1. The average Bonchev–Trinajstić information content (AvgIpc) is 2.70. The van der Waals surface area contributed by atoms with Crippen LogP contribution in [0.3, 0.4) is 0 Å². The number of hydrogen-bond acceptors (Lipinski definition) is 6. The lowest BCUT2D eigenvalue weighted by Gasteiger charge is -2.32. The summed E-state index contributed by atoms with van der Waals surface area (Å²) in [7, 11) is -3.75. The van der Waals surface area contributed by atoms with Gasteiger partial charge in [0.2, 0.25) is 10.0 Å². The fourth-order valence-corrected chi connectivity index (χ4v) is 4.85. The standard InChI is InChI=1S/C20H27N3O6S/c1-4-10-21-20(26)22-18(24)13-29-19(25)17-12-16(9-8-14(17)2)30(27,28)23-11-6-5-7-15(23)3/h4,8-9,12,15H,1,5-7,10-11,13H2,2-3H3,(H2,21,22,24,26). The Hall–Kier alpha value is -2.72. The largest absolute Gasteiger partial charge is 0.452 e. The van der Waals surface area contributed by atoms with Gasteiger partial charge in [-0.25, -0.2) is 18.0 Å². The lowest BCUT2D eigenvalue weighted by atomic mass is 10.1. The van der Waals surface area contributed by atoms with E-state index in [1.165, 1.54) is 28.6 Å². The lowest BCUT2D eigenvalue weighted by molar-refractivity contribution is -0.123. The maximum Gasteiger partial charge on any atom is 0.338 e. The smallest absolute Gasteiger partial charge is 0.338 e. The number of nitrogens with one attached hydrogen (secondary N) is 2. The Morgan fingerprint density at radius 3 is 2.70 bits per heavy atom. The highest BCUT2D eigenvalue weighted by molar-refractivity contribution is 7.89. The van der Waals surface area contributed by atoms with E-state index >= 15 is 0 Å². The van der Waals surface area contributed by atoms with E-state index in [-0.39, 0.29) is 23.0 Å². The molecule has 0 radical (unpaired) electrons. The number of hydrogen-bond donors (Lipinski definition) is 2. The molecule has 1 aliphatic heterocycles. The van der Waals surface area contributed by atoms with E-state index in [1.54, 1.807) is 6.92 Å². The first-order chi connectivity index (χ1) is 14.2. The summed E-state index contributed by atoms with van der Waals surface area (Å²) in [5, 5.41) is 4.35. The molecule has 0 aromatic heterocycles. The van der Waals surface area contributed by atoms with E-state index in [4.69, 9.17) is 4.74 Å². The van der Waals surface area contributed by atoms with Gasteiger partial charge in [0, 0.05) is 19.1 Å². The average molecular weight is 438 g/mol. The first-order valence-electron chi connectivity index (χ1n) is 9.65. The molecular formula is C20H27N3O6S. The molecule has 0 spiro atoms. The number of esters is 1. The molecule has 1 atom stereocenters. The molecule has 30 heavy (non-hydrogen) atoms. The van der Waals surface area contributed by atoms with Gasteiger partial charge in [-0.2, -0.15) is 4.31 Å². The number of piperidine rings is 1. The Labute approximate surface area is 176 Å². The van der Waals surface area contributed by atoms with E-state index in [9.17, 15) is 22.8 Å². The Bertz CT molecular complexity index is 928. The fraction of sp³-hybridized carbons (Fsp3) is 0.450. The van der Waals surface area contributed by atoms with E-state index in [1.807, 2.05) is 12.2 Å². The van der Waals surface area contributed by atoms with Crippen molar-refractivity contribution in [1.82, 2.24) is 14.9 Å². The quantitative estimate of drug-likeness (QED) is 0.495. The van der Waals surface area contributed by atoms with Crippen molar-refractivity contribution >= 4 is 27.9 Å². The van der Waals surface area contributed by atoms with Gasteiger partial charge in [-0.3, -0.25) is 10.1 Å². The van der Waals surface area contributed by atoms with Gasteiger partial charge in [0.15, 0.2) is 6.61 Å². The van der Waals surface area contributed by atoms with Gasteiger partial charge >= 0.3 is 12.0 Å². The number of ether oxygens (including phenoxy) is 1. The maximum absolute atomic E-state index is 13.0. The first-order valence-corrected chi connectivity index (χ1v) is 11.1. The molecule has 1 aliphatic rings. The van der Waals surface area contributed by atoms with Crippen LogP contribution in [0, 0.1) is 6.92 Å². The summed E-state index contributed by atoms with van der Waals surface area (Å²) in [5.41, 5.74) is 0.555. The Kier molecular flexibility index (Phi) is 8.13. The minimum absolute atomic E-state index is 0.00190. The van der Waals surface area contributed by atoms with Crippen LogP contribution in [0.1, 0.15) is 42.1 Å². The van der Waals surface area contributed by atoms with Gasteiger partial charge in [0.1, 0.15) is 0 Å². The van der Waals surface area contributed by atoms with Crippen LogP contribution < -0.4 is 10.6 Å². The van der Waals surface area contributed by atoms with Crippen molar-refractivity contribution in [2.24, 2.45) is 0 Å². The van der Waals surface area contributed by atoms with Gasteiger partial charge in [-0.15, -0.1) is 6.58 Å². The number of carbonyl (C=O) groups excluding carboxylic acids is 3. The SMILES string of the molecule is C=CCNC(=O)NC(=O)COC(=O)c1cc(S(=O)(=O)N2CCCCC2C)ccc1C. The van der Waals surface area contributed by atoms with E-state index < -0.39 is 34.5 Å². The van der Waals surface area contributed by atoms with Crippen LogP contribution in [0.15, 0.2) is 35.7 Å². The van der Waals surface area contributed by atoms with Crippen LogP contribution in [0.2, 0.25) is 0 Å². The first kappa shape index (κ1) is 23.6. The molecule has 0 aliphatic carbocycles. The molecule has 2 N–H and O–H groups in total. The summed E-state index contributed by atoms with van der Waals surface area (Å²) in [6.07, 6.45) is 4.00. The predicted molar refractivity (Wildman–Crippen MR) is 110 cm³/mol. The van der Waals surface area contributed by atoms with E-state index in [0.717, 1.165) is 19.3 Å². The summed E-state index contributed by atoms with van der Waals surface area (Å²) in [6.45, 7) is 6.86. The molecule has 1 heterocycles. The topological polar surface area (TPSA) is 122 Å². The minimum atomic E-state index is -3.75. The molecule has 164 valence electrons. The second-order valence-corrected chi connectivity index (χ2v) is 8.95. The number of amides is 3. The zero-order valence-corrected chi connectivity index (χ0v) is 18.0. The normalized spacial score (nSPS) is 17.1. The van der Waals surface area contributed by atoms with Crippen LogP contribution in [-0.2, 0) is 19.6 Å². The third-order valence-electron chi connectivity index (χ3n) is 4.77. The molecule has 0 bridgehead atoms. The zero-order valence-electron chi connectivity index (χ0n) is 17.1. The van der Waals surface area contributed by atoms with Crippen molar-refractivity contribution < 1.29 is 27.5 Å². The summed E-state index contributed by atoms with van der Waals surface area (Å²) >= 11 is 0. The second-order valence-electron chi connectivity index (χ2n) is 7.06. The molecule has 9 nitrogen and oxygen atoms in total. The van der Waals surface area contributed by atoms with E-state index in [0.29, 0.717) is 12.1 Å². The highest BCUT2D eigenvalue weighted by atomic mass is 32.2. The van der Waals surface area contributed by atoms with Crippen molar-refractivity contribution in [2.45, 2.75) is 44.0 Å². The van der Waals surface area contributed by atoms with Crippen molar-refractivity contribution in [1.29, 1.82) is 0 Å². The molecule has 1 aromatic carbocycles. The zero-order chi connectivity index (χ0) is 22.3. The molecule has 3 amide bonds. The molecule has 1 saturated heterocycles. The molecular weight excluding hydrogens is 410 g/mol. The number of nitrogens with zero attached hydrogens (tertiary/aromatic N) is 1. The maximum atomic E-state index is 13.0. The van der Waals surface area contributed by atoms with Gasteiger partial charge in [0.25, 0.3) is 5.91 Å². The number of benzene rings is 1. The van der Waals surface area contributed by atoms with Crippen LogP contribution in [0.25, 0.3) is 0 Å². The van der Waals surface area contributed by atoms with Gasteiger partial charge in [-0.1, -0.05) is 18.6 Å². The number of aryl methyl sites for hydroxylation is 1. The van der Waals surface area contributed by atoms with Crippen molar-refractivity contribution in [3.05, 3.63) is 42.0 Å². The number of carbonyl (C=O) groups is 3. The van der Waals surface area contributed by atoms with Crippen LogP contribution in [0.4, 0.5) is 4.79 Å². The van der Waals surface area contributed by atoms with Gasteiger partial charge in [-0.05, 0) is 44.4 Å². The Morgan fingerprint density at radius 2 is 2.03 bits per heavy atom. The third kappa shape index (κ3) is 5.90. The molecule has 1 unspecified atom stereocenters. The summed E-state index contributed by atoms with van der Waals surface area (Å²) in [4.78, 5) is 35.6. The highest BCUT2D eigenvalue weighted by Crippen LogP contribution is 2.26. The van der Waals surface area contributed by atoms with Crippen molar-refractivity contribution in [3.8, 4) is 0 Å². The fourth-order valence-electron chi connectivity index (χ4n) is 3.13. The molecule has 1 aromatic rings. The van der Waals surface area contributed by atoms with E-state index in [2.05, 4.69) is 11.9 Å². The van der Waals surface area contributed by atoms with Crippen molar-refractivity contribution in [2.75, 3.05) is 19.7 Å². The Morgan fingerprint density at radius 1 is 1.30 bits per heavy atom. The van der Waals surface area contributed by atoms with Crippen molar-refractivity contribution in [3.63, 3.8) is 0 Å². The Balaban J connectivity index is 2.09. The molecule has 10 heteroatoms. The molecule has 1 fully saturated rings. The number of sulfonamides is 1.